The first kappa shape index (κ1) is 22.5. The number of sulfonamides is 1. The number of rotatable bonds is 9. The number of primary sulfonamides is 1. The Labute approximate surface area is 175 Å². The second kappa shape index (κ2) is 10.1. The monoisotopic (exact) mass is 444 g/mol. The van der Waals surface area contributed by atoms with E-state index in [1.807, 2.05) is 0 Å². The summed E-state index contributed by atoms with van der Waals surface area (Å²) < 4.78 is 28.2. The molecule has 2 aromatic rings. The number of carbonyl (C=O) groups is 1. The van der Waals surface area contributed by atoms with Gasteiger partial charge in [0, 0.05) is 11.3 Å². The van der Waals surface area contributed by atoms with Crippen molar-refractivity contribution in [3.63, 3.8) is 0 Å². The van der Waals surface area contributed by atoms with E-state index in [0.29, 0.717) is 18.0 Å². The summed E-state index contributed by atoms with van der Waals surface area (Å²) in [4.78, 5) is 12.4. The van der Waals surface area contributed by atoms with E-state index in [-0.39, 0.29) is 20.5 Å². The van der Waals surface area contributed by atoms with Gasteiger partial charge in [0.25, 0.3) is 5.91 Å². The van der Waals surface area contributed by atoms with Crippen LogP contribution in [0.15, 0.2) is 41.3 Å². The summed E-state index contributed by atoms with van der Waals surface area (Å²) in [5.41, 5.74) is 0.657. The van der Waals surface area contributed by atoms with Crippen LogP contribution in [0.3, 0.4) is 0 Å². The molecule has 0 aliphatic carbocycles. The van der Waals surface area contributed by atoms with Gasteiger partial charge in [0.2, 0.25) is 10.0 Å². The first-order valence-corrected chi connectivity index (χ1v) is 11.1. The fraction of sp³-hybridized carbons (Fsp3) is 0.316. The van der Waals surface area contributed by atoms with Crippen molar-refractivity contribution in [1.82, 2.24) is 0 Å². The molecular weight excluding hydrogens is 423 g/mol. The number of nitrogens with two attached hydrogens (primary N) is 1. The molecule has 6 nitrogen and oxygen atoms in total. The number of hydrogen-bond donors (Lipinski definition) is 2. The van der Waals surface area contributed by atoms with Crippen LogP contribution in [0.25, 0.3) is 0 Å². The molecule has 28 heavy (non-hydrogen) atoms. The van der Waals surface area contributed by atoms with Gasteiger partial charge < -0.3 is 10.1 Å². The minimum absolute atomic E-state index is 0.0444. The molecular formula is C19H22Cl2N2O4S. The number of carbonyl (C=O) groups excluding carboxylic acids is 1. The SMILES string of the molecule is CCCCCCOc1c(Cl)cc(C(=O)Nc2ccc(S(N)(=O)=O)cc2)cc1Cl. The minimum atomic E-state index is -3.79. The van der Waals surface area contributed by atoms with Gasteiger partial charge in [-0.3, -0.25) is 4.79 Å². The highest BCUT2D eigenvalue weighted by Crippen LogP contribution is 2.34. The van der Waals surface area contributed by atoms with Gasteiger partial charge in [0.05, 0.1) is 21.5 Å². The smallest absolute Gasteiger partial charge is 0.255 e. The zero-order chi connectivity index (χ0) is 20.7. The van der Waals surface area contributed by atoms with Crippen LogP contribution in [0.1, 0.15) is 43.0 Å². The van der Waals surface area contributed by atoms with Crippen LogP contribution in [-0.4, -0.2) is 20.9 Å². The number of anilines is 1. The van der Waals surface area contributed by atoms with Gasteiger partial charge >= 0.3 is 0 Å². The van der Waals surface area contributed by atoms with Gasteiger partial charge in [0.1, 0.15) is 0 Å². The van der Waals surface area contributed by atoms with Crippen molar-refractivity contribution < 1.29 is 17.9 Å². The molecule has 0 fully saturated rings. The summed E-state index contributed by atoms with van der Waals surface area (Å²) in [5, 5.41) is 8.19. The quantitative estimate of drug-likeness (QED) is 0.539. The van der Waals surface area contributed by atoms with Crippen molar-refractivity contribution in [1.29, 1.82) is 0 Å². The summed E-state index contributed by atoms with van der Waals surface area (Å²) in [6, 6.07) is 8.44. The summed E-state index contributed by atoms with van der Waals surface area (Å²) in [6.07, 6.45) is 4.24. The number of benzene rings is 2. The van der Waals surface area contributed by atoms with Crippen LogP contribution in [0, 0.1) is 0 Å². The Bertz CT molecular complexity index is 908. The third-order valence-corrected chi connectivity index (χ3v) is 5.44. The molecule has 0 heterocycles. The van der Waals surface area contributed by atoms with E-state index in [2.05, 4.69) is 12.2 Å². The zero-order valence-electron chi connectivity index (χ0n) is 15.4. The standard InChI is InChI=1S/C19H22Cl2N2O4S/c1-2-3-4-5-10-27-18-16(20)11-13(12-17(18)21)19(24)23-14-6-8-15(9-7-14)28(22,25)26/h6-9,11-12H,2-5,10H2,1H3,(H,23,24)(H2,22,25,26). The maximum absolute atomic E-state index is 12.4. The Hall–Kier alpha value is -1.80. The summed E-state index contributed by atoms with van der Waals surface area (Å²) >= 11 is 12.4. The second-order valence-electron chi connectivity index (χ2n) is 6.20. The molecule has 0 bridgehead atoms. The van der Waals surface area contributed by atoms with E-state index in [1.165, 1.54) is 36.4 Å². The molecule has 152 valence electrons. The Balaban J connectivity index is 2.05. The van der Waals surface area contributed by atoms with Crippen molar-refractivity contribution in [3.8, 4) is 5.75 Å². The topological polar surface area (TPSA) is 98.5 Å². The third kappa shape index (κ3) is 6.38. The first-order valence-electron chi connectivity index (χ1n) is 8.78. The number of nitrogens with one attached hydrogen (secondary N) is 1. The van der Waals surface area contributed by atoms with Crippen LogP contribution in [0.2, 0.25) is 10.0 Å². The summed E-state index contributed by atoms with van der Waals surface area (Å²) in [5.74, 6) is -0.0875. The molecule has 0 spiro atoms. The molecule has 0 saturated heterocycles. The summed E-state index contributed by atoms with van der Waals surface area (Å²) in [6.45, 7) is 2.63. The molecule has 0 aliphatic rings. The van der Waals surface area contributed by atoms with Crippen molar-refractivity contribution >= 4 is 44.8 Å². The normalized spacial score (nSPS) is 11.3. The van der Waals surface area contributed by atoms with Crippen molar-refractivity contribution in [2.24, 2.45) is 5.14 Å². The van der Waals surface area contributed by atoms with Gasteiger partial charge in [-0.25, -0.2) is 13.6 Å². The van der Waals surface area contributed by atoms with Crippen molar-refractivity contribution in [3.05, 3.63) is 52.0 Å². The zero-order valence-corrected chi connectivity index (χ0v) is 17.7. The van der Waals surface area contributed by atoms with Gasteiger partial charge in [-0.15, -0.1) is 0 Å². The predicted molar refractivity (Wildman–Crippen MR) is 112 cm³/mol. The van der Waals surface area contributed by atoms with E-state index in [0.717, 1.165) is 25.7 Å². The molecule has 9 heteroatoms. The summed E-state index contributed by atoms with van der Waals surface area (Å²) in [7, 11) is -3.79. The van der Waals surface area contributed by atoms with E-state index >= 15 is 0 Å². The van der Waals surface area contributed by atoms with Crippen LogP contribution in [-0.2, 0) is 10.0 Å². The average Bonchev–Trinajstić information content (AvgIpc) is 2.63. The molecule has 3 N–H and O–H groups in total. The van der Waals surface area contributed by atoms with Gasteiger partial charge in [-0.05, 0) is 42.8 Å². The van der Waals surface area contributed by atoms with E-state index in [4.69, 9.17) is 33.1 Å². The molecule has 1 amide bonds. The molecule has 2 aromatic carbocycles. The Morgan fingerprint density at radius 1 is 1.07 bits per heavy atom. The minimum Gasteiger partial charge on any atom is -0.490 e. The average molecular weight is 445 g/mol. The number of hydrogen-bond acceptors (Lipinski definition) is 4. The maximum atomic E-state index is 12.4. The van der Waals surface area contributed by atoms with E-state index in [1.54, 1.807) is 0 Å². The van der Waals surface area contributed by atoms with Gasteiger partial charge in [-0.2, -0.15) is 0 Å². The lowest BCUT2D eigenvalue weighted by atomic mass is 10.2. The number of ether oxygens (including phenoxy) is 1. The lowest BCUT2D eigenvalue weighted by Crippen LogP contribution is -2.14. The molecule has 0 saturated carbocycles. The van der Waals surface area contributed by atoms with Gasteiger partial charge in [0.15, 0.2) is 5.75 Å². The van der Waals surface area contributed by atoms with Crippen molar-refractivity contribution in [2.75, 3.05) is 11.9 Å². The van der Waals surface area contributed by atoms with Crippen LogP contribution in [0.5, 0.6) is 5.75 Å². The number of unbranched alkanes of at least 4 members (excludes halogenated alkanes) is 3. The van der Waals surface area contributed by atoms with Crippen LogP contribution >= 0.6 is 23.2 Å². The Morgan fingerprint density at radius 3 is 2.21 bits per heavy atom. The fourth-order valence-corrected chi connectivity index (χ4v) is 3.57. The highest BCUT2D eigenvalue weighted by molar-refractivity contribution is 7.89. The molecule has 0 aliphatic heterocycles. The van der Waals surface area contributed by atoms with Gasteiger partial charge in [-0.1, -0.05) is 49.4 Å². The molecule has 0 atom stereocenters. The van der Waals surface area contributed by atoms with E-state index < -0.39 is 15.9 Å². The fourth-order valence-electron chi connectivity index (χ4n) is 2.46. The second-order valence-corrected chi connectivity index (χ2v) is 8.58. The van der Waals surface area contributed by atoms with Crippen molar-refractivity contribution in [2.45, 2.75) is 37.5 Å². The maximum Gasteiger partial charge on any atom is 0.255 e. The number of halogens is 2. The lowest BCUT2D eigenvalue weighted by molar-refractivity contribution is 0.102. The highest BCUT2D eigenvalue weighted by atomic mass is 35.5. The molecule has 0 unspecified atom stereocenters. The highest BCUT2D eigenvalue weighted by Gasteiger charge is 2.15. The largest absolute Gasteiger partial charge is 0.490 e. The Morgan fingerprint density at radius 2 is 1.68 bits per heavy atom. The van der Waals surface area contributed by atoms with Crippen LogP contribution in [0.4, 0.5) is 5.69 Å². The molecule has 2 rings (SSSR count). The lowest BCUT2D eigenvalue weighted by Gasteiger charge is -2.12. The molecule has 0 radical (unpaired) electrons. The van der Waals surface area contributed by atoms with E-state index in [9.17, 15) is 13.2 Å². The third-order valence-electron chi connectivity index (χ3n) is 3.95. The van der Waals surface area contributed by atoms with Crippen LogP contribution < -0.4 is 15.2 Å². The molecule has 0 aromatic heterocycles. The first-order chi connectivity index (χ1) is 13.2. The Kier molecular flexibility index (Phi) is 8.12. The predicted octanol–water partition coefficient (Wildman–Crippen LogP) is 4.85. The number of amides is 1.